The Hall–Kier alpha value is -4.32. The second-order valence-electron chi connectivity index (χ2n) is 6.97. The lowest BCUT2D eigenvalue weighted by Gasteiger charge is -2.21. The molecule has 0 aliphatic carbocycles. The van der Waals surface area contributed by atoms with Crippen LogP contribution < -0.4 is 14.4 Å². The first-order valence-corrected chi connectivity index (χ1v) is 10.5. The van der Waals surface area contributed by atoms with Crippen molar-refractivity contribution < 1.29 is 32.6 Å². The average molecular weight is 466 g/mol. The van der Waals surface area contributed by atoms with Crippen LogP contribution in [0.3, 0.4) is 0 Å². The molecule has 0 aliphatic heterocycles. The van der Waals surface area contributed by atoms with E-state index < -0.39 is 18.5 Å². The second kappa shape index (κ2) is 12.1. The van der Waals surface area contributed by atoms with E-state index in [1.807, 2.05) is 13.0 Å². The van der Waals surface area contributed by atoms with Crippen molar-refractivity contribution in [1.82, 2.24) is 0 Å². The molecule has 1 heterocycles. The molecule has 0 radical (unpaired) electrons. The van der Waals surface area contributed by atoms with Crippen molar-refractivity contribution in [3.8, 4) is 17.6 Å². The number of rotatable bonds is 11. The number of anilines is 1. The van der Waals surface area contributed by atoms with Crippen LogP contribution in [-0.4, -0.2) is 31.6 Å². The molecule has 0 saturated carbocycles. The molecular weight excluding hydrogens is 443 g/mol. The molecule has 3 aromatic rings. The van der Waals surface area contributed by atoms with Gasteiger partial charge in [-0.15, -0.1) is 0 Å². The summed E-state index contributed by atoms with van der Waals surface area (Å²) in [5, 5.41) is 8.92. The number of halogens is 1. The fraction of sp³-hybridized carbons (Fsp3) is 0.240. The molecule has 0 spiro atoms. The standard InChI is InChI=1S/C25H23FN2O6/c1-2-31-20-10-6-19(7-11-20)28(15-3-14-27)24(29)17-33-25(30)23-13-12-22(34-23)16-32-21-8-4-18(26)5-9-21/h4-13H,2-3,15-17H2,1H3. The number of nitriles is 1. The van der Waals surface area contributed by atoms with E-state index in [2.05, 4.69) is 0 Å². The van der Waals surface area contributed by atoms with E-state index in [0.717, 1.165) is 0 Å². The van der Waals surface area contributed by atoms with Gasteiger partial charge in [0.25, 0.3) is 5.91 Å². The summed E-state index contributed by atoms with van der Waals surface area (Å²) in [6.45, 7) is 2.02. The van der Waals surface area contributed by atoms with Crippen LogP contribution in [0.25, 0.3) is 0 Å². The molecule has 0 saturated heterocycles. The minimum absolute atomic E-state index is 0.0253. The molecule has 0 atom stereocenters. The lowest BCUT2D eigenvalue weighted by molar-refractivity contribution is -0.121. The van der Waals surface area contributed by atoms with Crippen molar-refractivity contribution in [2.75, 3.05) is 24.7 Å². The number of esters is 1. The number of amides is 1. The third-order valence-electron chi connectivity index (χ3n) is 4.59. The number of carbonyl (C=O) groups is 2. The highest BCUT2D eigenvalue weighted by Gasteiger charge is 2.20. The van der Waals surface area contributed by atoms with Crippen molar-refractivity contribution in [2.45, 2.75) is 20.0 Å². The van der Waals surface area contributed by atoms with Crippen LogP contribution in [-0.2, 0) is 16.1 Å². The summed E-state index contributed by atoms with van der Waals surface area (Å²) in [4.78, 5) is 26.4. The largest absolute Gasteiger partial charge is 0.494 e. The first kappa shape index (κ1) is 24.3. The summed E-state index contributed by atoms with van der Waals surface area (Å²) in [5.41, 5.74) is 0.554. The molecule has 0 N–H and O–H groups in total. The van der Waals surface area contributed by atoms with Gasteiger partial charge in [-0.1, -0.05) is 0 Å². The lowest BCUT2D eigenvalue weighted by Crippen LogP contribution is -2.35. The molecule has 176 valence electrons. The summed E-state index contributed by atoms with van der Waals surface area (Å²) in [5.74, 6) is -0.310. The van der Waals surface area contributed by atoms with Crippen molar-refractivity contribution in [2.24, 2.45) is 0 Å². The number of benzene rings is 2. The van der Waals surface area contributed by atoms with E-state index in [0.29, 0.717) is 29.6 Å². The van der Waals surface area contributed by atoms with E-state index in [9.17, 15) is 14.0 Å². The molecule has 0 unspecified atom stereocenters. The number of furan rings is 1. The Morgan fingerprint density at radius 2 is 1.68 bits per heavy atom. The van der Waals surface area contributed by atoms with Gasteiger partial charge in [0.1, 0.15) is 29.7 Å². The topological polar surface area (TPSA) is 102 Å². The highest BCUT2D eigenvalue weighted by Crippen LogP contribution is 2.21. The van der Waals surface area contributed by atoms with Gasteiger partial charge in [-0.25, -0.2) is 9.18 Å². The molecule has 0 fully saturated rings. The minimum Gasteiger partial charge on any atom is -0.494 e. The highest BCUT2D eigenvalue weighted by molar-refractivity contribution is 5.96. The van der Waals surface area contributed by atoms with Crippen LogP contribution in [0.15, 0.2) is 65.1 Å². The molecule has 0 bridgehead atoms. The molecule has 8 nitrogen and oxygen atoms in total. The zero-order valence-corrected chi connectivity index (χ0v) is 18.5. The number of nitrogens with zero attached hydrogens (tertiary/aromatic N) is 2. The molecule has 1 aromatic heterocycles. The number of hydrogen-bond donors (Lipinski definition) is 0. The number of ether oxygens (including phenoxy) is 3. The van der Waals surface area contributed by atoms with Crippen LogP contribution in [0.5, 0.6) is 11.5 Å². The molecule has 2 aromatic carbocycles. The first-order valence-electron chi connectivity index (χ1n) is 10.5. The highest BCUT2D eigenvalue weighted by atomic mass is 19.1. The quantitative estimate of drug-likeness (QED) is 0.383. The smallest absolute Gasteiger partial charge is 0.374 e. The summed E-state index contributed by atoms with van der Waals surface area (Å²) in [7, 11) is 0. The van der Waals surface area contributed by atoms with Gasteiger partial charge in [0, 0.05) is 12.2 Å². The molecule has 9 heteroatoms. The van der Waals surface area contributed by atoms with Crippen molar-refractivity contribution >= 4 is 17.6 Å². The maximum Gasteiger partial charge on any atom is 0.374 e. The normalized spacial score (nSPS) is 10.3. The summed E-state index contributed by atoms with van der Waals surface area (Å²) >= 11 is 0. The minimum atomic E-state index is -0.812. The van der Waals surface area contributed by atoms with Gasteiger partial charge in [0.2, 0.25) is 5.76 Å². The fourth-order valence-corrected chi connectivity index (χ4v) is 2.98. The summed E-state index contributed by atoms with van der Waals surface area (Å²) in [6, 6.07) is 17.3. The van der Waals surface area contributed by atoms with Crippen LogP contribution >= 0.6 is 0 Å². The number of hydrogen-bond acceptors (Lipinski definition) is 7. The van der Waals surface area contributed by atoms with Gasteiger partial charge in [-0.2, -0.15) is 5.26 Å². The van der Waals surface area contributed by atoms with Crippen LogP contribution in [0.4, 0.5) is 10.1 Å². The van der Waals surface area contributed by atoms with Crippen LogP contribution in [0.1, 0.15) is 29.7 Å². The Bertz CT molecular complexity index is 1140. The Morgan fingerprint density at radius 1 is 1.00 bits per heavy atom. The zero-order valence-electron chi connectivity index (χ0n) is 18.5. The third kappa shape index (κ3) is 6.84. The van der Waals surface area contributed by atoms with Gasteiger partial charge < -0.3 is 23.5 Å². The Labute approximate surface area is 196 Å². The average Bonchev–Trinajstić information content (AvgIpc) is 3.33. The zero-order chi connectivity index (χ0) is 24.3. The van der Waals surface area contributed by atoms with E-state index in [1.165, 1.54) is 35.2 Å². The van der Waals surface area contributed by atoms with Gasteiger partial charge in [0.05, 0.1) is 19.1 Å². The van der Waals surface area contributed by atoms with Crippen molar-refractivity contribution in [3.63, 3.8) is 0 Å². The maximum atomic E-state index is 13.0. The van der Waals surface area contributed by atoms with Gasteiger partial charge >= 0.3 is 5.97 Å². The summed E-state index contributed by atoms with van der Waals surface area (Å²) in [6.07, 6.45) is 0.114. The van der Waals surface area contributed by atoms with Crippen LogP contribution in [0.2, 0.25) is 0 Å². The van der Waals surface area contributed by atoms with E-state index in [-0.39, 0.29) is 31.1 Å². The Morgan fingerprint density at radius 3 is 2.35 bits per heavy atom. The van der Waals surface area contributed by atoms with E-state index in [4.69, 9.17) is 23.9 Å². The number of carbonyl (C=O) groups excluding carboxylic acids is 2. The Kier molecular flexibility index (Phi) is 8.63. The summed E-state index contributed by atoms with van der Waals surface area (Å²) < 4.78 is 34.3. The fourth-order valence-electron chi connectivity index (χ4n) is 2.98. The Balaban J connectivity index is 1.56. The molecule has 0 aliphatic rings. The molecule has 34 heavy (non-hydrogen) atoms. The van der Waals surface area contributed by atoms with Gasteiger partial charge in [-0.05, 0) is 67.6 Å². The molecular formula is C25H23FN2O6. The SMILES string of the molecule is CCOc1ccc(N(CCC#N)C(=O)COC(=O)c2ccc(COc3ccc(F)cc3)o2)cc1. The maximum absolute atomic E-state index is 13.0. The first-order chi connectivity index (χ1) is 16.5. The van der Waals surface area contributed by atoms with Crippen molar-refractivity contribution in [1.29, 1.82) is 5.26 Å². The predicted octanol–water partition coefficient (Wildman–Crippen LogP) is 4.50. The monoisotopic (exact) mass is 466 g/mol. The predicted molar refractivity (Wildman–Crippen MR) is 120 cm³/mol. The van der Waals surface area contributed by atoms with Crippen molar-refractivity contribution in [3.05, 3.63) is 78.0 Å². The third-order valence-corrected chi connectivity index (χ3v) is 4.59. The van der Waals surface area contributed by atoms with E-state index >= 15 is 0 Å². The lowest BCUT2D eigenvalue weighted by atomic mass is 10.2. The van der Waals surface area contributed by atoms with Crippen LogP contribution in [0, 0.1) is 17.1 Å². The second-order valence-corrected chi connectivity index (χ2v) is 6.97. The van der Waals surface area contributed by atoms with Gasteiger partial charge in [0.15, 0.2) is 6.61 Å². The van der Waals surface area contributed by atoms with Gasteiger partial charge in [-0.3, -0.25) is 4.79 Å². The molecule has 1 amide bonds. The van der Waals surface area contributed by atoms with E-state index in [1.54, 1.807) is 30.3 Å². The molecule has 3 rings (SSSR count).